The van der Waals surface area contributed by atoms with Gasteiger partial charge in [-0.3, -0.25) is 14.3 Å². The van der Waals surface area contributed by atoms with E-state index in [2.05, 4.69) is 22.6 Å². The Kier molecular flexibility index (Phi) is 13.0. The van der Waals surface area contributed by atoms with E-state index in [4.69, 9.17) is 49.4 Å². The third-order valence-corrected chi connectivity index (χ3v) is 12.5. The lowest BCUT2D eigenvalue weighted by atomic mass is 9.82. The standard InChI is InChI=1S/C44H48Cl3N5O5/c1-51(23-26-10-12-27(13-11-26)44(54)55)24-30-17-37(45)29(19-40(30)56-2)25-52-39-9-5-7-33(35(39)22-49-52)34-8-4-6-32(43(34)47)28-16-38(46)36(41(18-28)57-3)21-48-20-31-14-15-42(53)50-31/h4-9,16-19,22,26-27,31,48H,10-15,20-21,23-25H2,1-3H3,(H,50,53)(H,54,55)/t26?,27?,31-/m0/s1. The summed E-state index contributed by atoms with van der Waals surface area (Å²) in [6.07, 6.45) is 6.58. The van der Waals surface area contributed by atoms with E-state index >= 15 is 0 Å². The summed E-state index contributed by atoms with van der Waals surface area (Å²) in [6.45, 7) is 3.13. The third-order valence-electron chi connectivity index (χ3n) is 11.4. The van der Waals surface area contributed by atoms with Crippen molar-refractivity contribution in [2.24, 2.45) is 11.8 Å². The molecule has 0 spiro atoms. The fourth-order valence-corrected chi connectivity index (χ4v) is 9.23. The van der Waals surface area contributed by atoms with Crippen molar-refractivity contribution in [2.45, 2.75) is 64.2 Å². The molecular weight excluding hydrogens is 785 g/mol. The van der Waals surface area contributed by atoms with E-state index in [0.717, 1.165) is 94.2 Å². The van der Waals surface area contributed by atoms with Gasteiger partial charge >= 0.3 is 5.97 Å². The van der Waals surface area contributed by atoms with Gasteiger partial charge in [-0.25, -0.2) is 0 Å². The molecule has 5 aromatic rings. The normalized spacial score (nSPS) is 18.3. The number of aliphatic carboxylic acids is 1. The maximum Gasteiger partial charge on any atom is 0.306 e. The Morgan fingerprint density at radius 1 is 0.930 bits per heavy atom. The van der Waals surface area contributed by atoms with Crippen LogP contribution in [0.25, 0.3) is 33.2 Å². The Labute approximate surface area is 348 Å². The van der Waals surface area contributed by atoms with Gasteiger partial charge in [-0.2, -0.15) is 5.10 Å². The molecule has 1 aliphatic heterocycles. The molecule has 57 heavy (non-hydrogen) atoms. The van der Waals surface area contributed by atoms with E-state index in [-0.39, 0.29) is 17.9 Å². The SMILES string of the molecule is COc1cc(Cn2ncc3c(-c4cccc(-c5cc(Cl)c(CNC[C@@H]6CCC(=O)N6)c(OC)c5)c4Cl)cccc32)c(Cl)cc1CN(C)CC1CCC(C(=O)O)CC1. The minimum absolute atomic E-state index is 0.0882. The fraction of sp³-hybridized carbons (Fsp3) is 0.386. The number of hydrogen-bond acceptors (Lipinski definition) is 7. The molecule has 1 amide bonds. The Hall–Kier alpha value is -4.32. The lowest BCUT2D eigenvalue weighted by Gasteiger charge is -2.30. The molecule has 0 radical (unpaired) electrons. The highest BCUT2D eigenvalue weighted by atomic mass is 35.5. The van der Waals surface area contributed by atoms with E-state index < -0.39 is 5.97 Å². The highest BCUT2D eigenvalue weighted by Gasteiger charge is 2.27. The minimum atomic E-state index is -0.677. The first-order chi connectivity index (χ1) is 27.5. The number of fused-ring (bicyclic) bond motifs is 1. The molecule has 1 atom stereocenters. The van der Waals surface area contributed by atoms with Crippen LogP contribution in [0.3, 0.4) is 0 Å². The van der Waals surface area contributed by atoms with Gasteiger partial charge in [-0.05, 0) is 92.1 Å². The number of carbonyl (C=O) groups excluding carboxylic acids is 1. The van der Waals surface area contributed by atoms with Crippen LogP contribution in [0.1, 0.15) is 55.2 Å². The topological polar surface area (TPSA) is 118 Å². The van der Waals surface area contributed by atoms with Crippen LogP contribution in [-0.4, -0.2) is 72.1 Å². The van der Waals surface area contributed by atoms with Crippen molar-refractivity contribution < 1.29 is 24.2 Å². The van der Waals surface area contributed by atoms with Crippen LogP contribution in [0, 0.1) is 11.8 Å². The van der Waals surface area contributed by atoms with Crippen LogP contribution in [0.15, 0.2) is 66.9 Å². The van der Waals surface area contributed by atoms with Gasteiger partial charge in [0.1, 0.15) is 11.5 Å². The summed E-state index contributed by atoms with van der Waals surface area (Å²) in [7, 11) is 5.39. The van der Waals surface area contributed by atoms with Crippen LogP contribution in [-0.2, 0) is 29.2 Å². The summed E-state index contributed by atoms with van der Waals surface area (Å²) < 4.78 is 13.6. The maximum absolute atomic E-state index is 11.6. The molecule has 10 nitrogen and oxygen atoms in total. The Morgan fingerprint density at radius 3 is 2.39 bits per heavy atom. The zero-order valence-corrected chi connectivity index (χ0v) is 34.7. The minimum Gasteiger partial charge on any atom is -0.496 e. The largest absolute Gasteiger partial charge is 0.496 e. The number of carboxylic acid groups (broad SMARTS) is 1. The van der Waals surface area contributed by atoms with Gasteiger partial charge < -0.3 is 30.1 Å². The van der Waals surface area contributed by atoms with Crippen molar-refractivity contribution in [3.05, 3.63) is 98.6 Å². The summed E-state index contributed by atoms with van der Waals surface area (Å²) in [6, 6.07) is 20.0. The second kappa shape index (κ2) is 18.1. The van der Waals surface area contributed by atoms with E-state index in [1.54, 1.807) is 14.2 Å². The second-order valence-corrected chi connectivity index (χ2v) is 16.5. The van der Waals surface area contributed by atoms with Crippen LogP contribution >= 0.6 is 34.8 Å². The number of carboxylic acids is 1. The molecule has 0 bridgehead atoms. The molecule has 300 valence electrons. The third kappa shape index (κ3) is 9.21. The number of methoxy groups -OCH3 is 2. The van der Waals surface area contributed by atoms with Gasteiger partial charge in [0.05, 0.1) is 43.4 Å². The van der Waals surface area contributed by atoms with Crippen LogP contribution < -0.4 is 20.1 Å². The monoisotopic (exact) mass is 831 g/mol. The molecule has 13 heteroatoms. The maximum atomic E-state index is 11.6. The lowest BCUT2D eigenvalue weighted by molar-refractivity contribution is -0.143. The van der Waals surface area contributed by atoms with Gasteiger partial charge in [0.25, 0.3) is 0 Å². The average Bonchev–Trinajstić information content (AvgIpc) is 3.81. The first-order valence-electron chi connectivity index (χ1n) is 19.4. The molecule has 2 heterocycles. The number of rotatable bonds is 15. The smallest absolute Gasteiger partial charge is 0.306 e. The molecule has 1 aromatic heterocycles. The number of hydrogen-bond donors (Lipinski definition) is 3. The molecule has 7 rings (SSSR count). The summed E-state index contributed by atoms with van der Waals surface area (Å²) >= 11 is 21.0. The van der Waals surface area contributed by atoms with E-state index in [9.17, 15) is 14.7 Å². The summed E-state index contributed by atoms with van der Waals surface area (Å²) in [5, 5.41) is 23.3. The fourth-order valence-electron chi connectivity index (χ4n) is 8.37. The number of nitrogens with one attached hydrogen (secondary N) is 2. The number of nitrogens with zero attached hydrogens (tertiary/aromatic N) is 3. The number of carbonyl (C=O) groups is 2. The van der Waals surface area contributed by atoms with E-state index in [1.807, 2.05) is 71.5 Å². The Balaban J connectivity index is 1.08. The van der Waals surface area contributed by atoms with Crippen molar-refractivity contribution in [1.29, 1.82) is 0 Å². The highest BCUT2D eigenvalue weighted by molar-refractivity contribution is 6.37. The molecule has 2 fully saturated rings. The highest BCUT2D eigenvalue weighted by Crippen LogP contribution is 2.42. The number of ether oxygens (including phenoxy) is 2. The number of benzene rings is 4. The molecule has 3 N–H and O–H groups in total. The predicted octanol–water partition coefficient (Wildman–Crippen LogP) is 9.09. The van der Waals surface area contributed by atoms with Crippen LogP contribution in [0.4, 0.5) is 0 Å². The van der Waals surface area contributed by atoms with Gasteiger partial charge in [0.15, 0.2) is 0 Å². The molecule has 1 aliphatic carbocycles. The molecule has 1 saturated heterocycles. The zero-order chi connectivity index (χ0) is 40.2. The van der Waals surface area contributed by atoms with Crippen LogP contribution in [0.5, 0.6) is 11.5 Å². The van der Waals surface area contributed by atoms with Crippen molar-refractivity contribution in [2.75, 3.05) is 34.4 Å². The second-order valence-electron chi connectivity index (χ2n) is 15.3. The lowest BCUT2D eigenvalue weighted by Crippen LogP contribution is -2.35. The summed E-state index contributed by atoms with van der Waals surface area (Å²) in [4.78, 5) is 25.2. The molecule has 0 unspecified atom stereocenters. The molecular formula is C44H48Cl3N5O5. The quantitative estimate of drug-likeness (QED) is 0.0957. The number of amides is 1. The zero-order valence-electron chi connectivity index (χ0n) is 32.4. The number of aromatic nitrogens is 2. The first kappa shape index (κ1) is 40.9. The molecule has 1 saturated carbocycles. The van der Waals surface area contributed by atoms with Crippen molar-refractivity contribution in [3.63, 3.8) is 0 Å². The summed E-state index contributed by atoms with van der Waals surface area (Å²) in [5.41, 5.74) is 7.12. The van der Waals surface area contributed by atoms with Gasteiger partial charge in [-0.1, -0.05) is 65.1 Å². The van der Waals surface area contributed by atoms with Crippen molar-refractivity contribution >= 4 is 57.6 Å². The molecule has 2 aliphatic rings. The van der Waals surface area contributed by atoms with Gasteiger partial charge in [-0.15, -0.1) is 0 Å². The van der Waals surface area contributed by atoms with Crippen LogP contribution in [0.2, 0.25) is 15.1 Å². The van der Waals surface area contributed by atoms with Crippen molar-refractivity contribution in [1.82, 2.24) is 25.3 Å². The van der Waals surface area contributed by atoms with E-state index in [0.29, 0.717) is 59.3 Å². The van der Waals surface area contributed by atoms with E-state index in [1.165, 1.54) is 0 Å². The van der Waals surface area contributed by atoms with Crippen molar-refractivity contribution in [3.8, 4) is 33.8 Å². The predicted molar refractivity (Wildman–Crippen MR) is 227 cm³/mol. The first-order valence-corrected chi connectivity index (χ1v) is 20.5. The Morgan fingerprint density at radius 2 is 1.67 bits per heavy atom. The van der Waals surface area contributed by atoms with Gasteiger partial charge in [0, 0.05) is 76.3 Å². The summed E-state index contributed by atoms with van der Waals surface area (Å²) in [5.74, 6) is 1.08. The molecule has 4 aromatic carbocycles. The number of halogens is 3. The Bertz CT molecular complexity index is 2270. The average molecular weight is 833 g/mol. The van der Waals surface area contributed by atoms with Gasteiger partial charge in [0.2, 0.25) is 5.91 Å².